The van der Waals surface area contributed by atoms with Crippen molar-refractivity contribution in [3.63, 3.8) is 0 Å². The molecule has 5 rings (SSSR count). The second-order valence-corrected chi connectivity index (χ2v) is 11.3. The SMILES string of the molecule is Cc1cnccc1-c1cc(C2CCN(CCNC(=O)OC(C)(C)C)C2)[nH]c(=O)c1-c1ccc2ccccc2c1. The van der Waals surface area contributed by atoms with Crippen LogP contribution in [0.2, 0.25) is 0 Å². The topological polar surface area (TPSA) is 87.3 Å². The van der Waals surface area contributed by atoms with Gasteiger partial charge in [-0.3, -0.25) is 9.78 Å². The Morgan fingerprint density at radius 2 is 1.90 bits per heavy atom. The van der Waals surface area contributed by atoms with Crippen molar-refractivity contribution in [2.75, 3.05) is 26.2 Å². The number of amides is 1. The van der Waals surface area contributed by atoms with Crippen molar-refractivity contribution in [3.05, 3.63) is 88.6 Å². The number of pyridine rings is 2. The summed E-state index contributed by atoms with van der Waals surface area (Å²) in [6.07, 6.45) is 4.16. The first-order valence-electron chi connectivity index (χ1n) is 13.5. The molecule has 1 fully saturated rings. The number of likely N-dealkylation sites (tertiary alicyclic amines) is 1. The molecule has 0 aliphatic carbocycles. The van der Waals surface area contributed by atoms with E-state index in [-0.39, 0.29) is 11.5 Å². The smallest absolute Gasteiger partial charge is 0.407 e. The van der Waals surface area contributed by atoms with Crippen LogP contribution in [0, 0.1) is 6.92 Å². The molecule has 7 heteroatoms. The molecule has 0 spiro atoms. The van der Waals surface area contributed by atoms with Gasteiger partial charge in [-0.25, -0.2) is 4.79 Å². The van der Waals surface area contributed by atoms with Crippen molar-refractivity contribution in [1.29, 1.82) is 0 Å². The van der Waals surface area contributed by atoms with Crippen molar-refractivity contribution in [1.82, 2.24) is 20.2 Å². The zero-order chi connectivity index (χ0) is 27.6. The van der Waals surface area contributed by atoms with E-state index in [2.05, 4.69) is 50.5 Å². The monoisotopic (exact) mass is 524 g/mol. The molecule has 2 aromatic carbocycles. The Balaban J connectivity index is 1.41. The molecule has 1 aliphatic rings. The van der Waals surface area contributed by atoms with Crippen molar-refractivity contribution < 1.29 is 9.53 Å². The molecule has 2 N–H and O–H groups in total. The number of carbonyl (C=O) groups is 1. The molecular formula is C32H36N4O3. The lowest BCUT2D eigenvalue weighted by molar-refractivity contribution is 0.0523. The first-order chi connectivity index (χ1) is 18.7. The Bertz CT molecular complexity index is 1550. The molecule has 0 saturated carbocycles. The van der Waals surface area contributed by atoms with Gasteiger partial charge in [0, 0.05) is 43.6 Å². The molecule has 1 unspecified atom stereocenters. The summed E-state index contributed by atoms with van der Waals surface area (Å²) in [6, 6.07) is 18.5. The Morgan fingerprint density at radius 1 is 1.10 bits per heavy atom. The fourth-order valence-electron chi connectivity index (χ4n) is 5.34. The van der Waals surface area contributed by atoms with Gasteiger partial charge < -0.3 is 19.9 Å². The van der Waals surface area contributed by atoms with Crippen LogP contribution in [0.15, 0.2) is 71.8 Å². The van der Waals surface area contributed by atoms with Gasteiger partial charge in [0.25, 0.3) is 5.56 Å². The van der Waals surface area contributed by atoms with Gasteiger partial charge in [-0.15, -0.1) is 0 Å². The highest BCUT2D eigenvalue weighted by Gasteiger charge is 2.27. The number of nitrogens with zero attached hydrogens (tertiary/aromatic N) is 2. The molecule has 1 atom stereocenters. The number of aromatic nitrogens is 2. The minimum atomic E-state index is -0.515. The van der Waals surface area contributed by atoms with Gasteiger partial charge in [-0.05, 0) is 91.9 Å². The first-order valence-corrected chi connectivity index (χ1v) is 13.5. The van der Waals surface area contributed by atoms with E-state index >= 15 is 0 Å². The summed E-state index contributed by atoms with van der Waals surface area (Å²) in [5, 5.41) is 5.08. The van der Waals surface area contributed by atoms with Gasteiger partial charge in [-0.1, -0.05) is 36.4 Å². The van der Waals surface area contributed by atoms with E-state index in [1.54, 1.807) is 6.20 Å². The summed E-state index contributed by atoms with van der Waals surface area (Å²) in [7, 11) is 0. The molecule has 2 aromatic heterocycles. The zero-order valence-corrected chi connectivity index (χ0v) is 23.1. The predicted molar refractivity (Wildman–Crippen MR) is 156 cm³/mol. The highest BCUT2D eigenvalue weighted by molar-refractivity contribution is 5.91. The number of H-pyrrole nitrogens is 1. The van der Waals surface area contributed by atoms with Crippen molar-refractivity contribution in [2.45, 2.75) is 45.6 Å². The van der Waals surface area contributed by atoms with Crippen LogP contribution in [0.3, 0.4) is 0 Å². The lowest BCUT2D eigenvalue weighted by atomic mass is 9.90. The maximum Gasteiger partial charge on any atom is 0.407 e. The molecule has 3 heterocycles. The van der Waals surface area contributed by atoms with E-state index in [0.717, 1.165) is 64.8 Å². The number of aromatic amines is 1. The zero-order valence-electron chi connectivity index (χ0n) is 23.1. The third-order valence-corrected chi connectivity index (χ3v) is 7.21. The van der Waals surface area contributed by atoms with E-state index in [1.165, 1.54) is 0 Å². The molecule has 39 heavy (non-hydrogen) atoms. The summed E-state index contributed by atoms with van der Waals surface area (Å²) >= 11 is 0. The molecule has 0 radical (unpaired) electrons. The van der Waals surface area contributed by atoms with Crippen LogP contribution in [-0.4, -0.2) is 52.7 Å². The Morgan fingerprint density at radius 3 is 2.67 bits per heavy atom. The van der Waals surface area contributed by atoms with E-state index in [0.29, 0.717) is 12.1 Å². The van der Waals surface area contributed by atoms with Crippen LogP contribution in [0.1, 0.15) is 44.4 Å². The fraction of sp³-hybridized carbons (Fsp3) is 0.344. The number of benzene rings is 2. The molecule has 1 saturated heterocycles. The van der Waals surface area contributed by atoms with Crippen molar-refractivity contribution in [2.24, 2.45) is 0 Å². The van der Waals surface area contributed by atoms with Gasteiger partial charge in [-0.2, -0.15) is 0 Å². The predicted octanol–water partition coefficient (Wildman–Crippen LogP) is 5.88. The molecule has 4 aromatic rings. The van der Waals surface area contributed by atoms with E-state index in [9.17, 15) is 9.59 Å². The number of hydrogen-bond acceptors (Lipinski definition) is 5. The summed E-state index contributed by atoms with van der Waals surface area (Å²) < 4.78 is 5.33. The fourth-order valence-corrected chi connectivity index (χ4v) is 5.34. The number of rotatable bonds is 6. The highest BCUT2D eigenvalue weighted by atomic mass is 16.6. The molecule has 1 amide bonds. The van der Waals surface area contributed by atoms with Crippen LogP contribution < -0.4 is 10.9 Å². The van der Waals surface area contributed by atoms with Gasteiger partial charge in [0.05, 0.1) is 5.56 Å². The van der Waals surface area contributed by atoms with Crippen molar-refractivity contribution in [3.8, 4) is 22.3 Å². The van der Waals surface area contributed by atoms with Crippen molar-refractivity contribution >= 4 is 16.9 Å². The Labute approximate surface area is 229 Å². The maximum absolute atomic E-state index is 13.7. The van der Waals surface area contributed by atoms with Gasteiger partial charge in [0.15, 0.2) is 0 Å². The van der Waals surface area contributed by atoms with Crippen LogP contribution in [0.5, 0.6) is 0 Å². The molecule has 0 bridgehead atoms. The number of alkyl carbamates (subject to hydrolysis) is 1. The molecular weight excluding hydrogens is 488 g/mol. The number of hydrogen-bond donors (Lipinski definition) is 2. The largest absolute Gasteiger partial charge is 0.444 e. The second-order valence-electron chi connectivity index (χ2n) is 11.3. The lowest BCUT2D eigenvalue weighted by Gasteiger charge is -2.21. The normalized spacial score (nSPS) is 15.9. The van der Waals surface area contributed by atoms with Gasteiger partial charge >= 0.3 is 6.09 Å². The summed E-state index contributed by atoms with van der Waals surface area (Å²) in [5.74, 6) is 0.200. The highest BCUT2D eigenvalue weighted by Crippen LogP contribution is 2.35. The summed E-state index contributed by atoms with van der Waals surface area (Å²) in [6.45, 7) is 10.5. The van der Waals surface area contributed by atoms with Gasteiger partial charge in [0.1, 0.15) is 5.60 Å². The average Bonchev–Trinajstić information content (AvgIpc) is 3.36. The third-order valence-electron chi connectivity index (χ3n) is 7.21. The standard InChI is InChI=1S/C32H36N4O3/c1-21-19-33-13-11-26(21)27-18-28(25-12-15-36(20-25)16-14-34-31(38)39-32(2,3)4)35-30(37)29(27)24-10-9-22-7-5-6-8-23(22)17-24/h5-11,13,17-19,25H,12,14-16,20H2,1-4H3,(H,34,38)(H,35,37). The number of carbonyl (C=O) groups excluding carboxylic acids is 1. The number of fused-ring (bicyclic) bond motifs is 1. The summed E-state index contributed by atoms with van der Waals surface area (Å²) in [4.78, 5) is 35.5. The Kier molecular flexibility index (Phi) is 7.53. The van der Waals surface area contributed by atoms with Crippen LogP contribution in [-0.2, 0) is 4.74 Å². The first kappa shape index (κ1) is 26.6. The third kappa shape index (κ3) is 6.20. The number of aryl methyl sites for hydroxylation is 1. The molecule has 7 nitrogen and oxygen atoms in total. The molecule has 1 aliphatic heterocycles. The molecule has 202 valence electrons. The van der Waals surface area contributed by atoms with Crippen LogP contribution in [0.4, 0.5) is 4.79 Å². The van der Waals surface area contributed by atoms with E-state index in [4.69, 9.17) is 4.74 Å². The lowest BCUT2D eigenvalue weighted by Crippen LogP contribution is -2.37. The number of ether oxygens (including phenoxy) is 1. The van der Waals surface area contributed by atoms with E-state index in [1.807, 2.05) is 58.2 Å². The quantitative estimate of drug-likeness (QED) is 0.329. The van der Waals surface area contributed by atoms with Gasteiger partial charge in [0.2, 0.25) is 0 Å². The second kappa shape index (κ2) is 11.0. The Hall–Kier alpha value is -3.97. The van der Waals surface area contributed by atoms with E-state index < -0.39 is 11.7 Å². The summed E-state index contributed by atoms with van der Waals surface area (Å²) in [5.41, 5.74) is 4.88. The van der Waals surface area contributed by atoms with Crippen LogP contribution in [0.25, 0.3) is 33.0 Å². The minimum Gasteiger partial charge on any atom is -0.444 e. The minimum absolute atomic E-state index is 0.0842. The number of nitrogens with one attached hydrogen (secondary N) is 2. The average molecular weight is 525 g/mol. The maximum atomic E-state index is 13.7. The van der Waals surface area contributed by atoms with Crippen LogP contribution >= 0.6 is 0 Å².